The highest BCUT2D eigenvalue weighted by Gasteiger charge is 1.98. The Morgan fingerprint density at radius 1 is 1.28 bits per heavy atom. The number of rotatable bonds is 6. The van der Waals surface area contributed by atoms with Crippen molar-refractivity contribution in [2.45, 2.75) is 13.0 Å². The summed E-state index contributed by atoms with van der Waals surface area (Å²) in [5.41, 5.74) is 6.80. The van der Waals surface area contributed by atoms with Crippen LogP contribution in [0.25, 0.3) is 0 Å². The molecule has 3 nitrogen and oxygen atoms in total. The Bertz CT molecular complexity index is 496. The lowest BCUT2D eigenvalue weighted by molar-refractivity contribution is 0.298. The first-order valence-electron chi connectivity index (χ1n) is 6.01. The molecule has 0 aliphatic rings. The van der Waals surface area contributed by atoms with E-state index < -0.39 is 0 Å². The number of benzene rings is 1. The molecule has 2 aromatic rings. The van der Waals surface area contributed by atoms with Crippen LogP contribution in [0, 0.1) is 0 Å². The minimum Gasteiger partial charge on any atom is -0.492 e. The van der Waals surface area contributed by atoms with Crippen molar-refractivity contribution >= 4 is 15.9 Å². The average Bonchev–Trinajstić information content (AvgIpc) is 2.78. The molecule has 0 unspecified atom stereocenters. The van der Waals surface area contributed by atoms with Gasteiger partial charge in [0, 0.05) is 16.9 Å². The van der Waals surface area contributed by atoms with Gasteiger partial charge < -0.3 is 15.0 Å². The van der Waals surface area contributed by atoms with Crippen molar-refractivity contribution in [1.29, 1.82) is 0 Å². The highest BCUT2D eigenvalue weighted by molar-refractivity contribution is 9.10. The lowest BCUT2D eigenvalue weighted by Gasteiger charge is -2.07. The molecule has 1 aromatic carbocycles. The van der Waals surface area contributed by atoms with Crippen LogP contribution in [0.5, 0.6) is 5.75 Å². The van der Waals surface area contributed by atoms with Gasteiger partial charge in [0.15, 0.2) is 0 Å². The number of hydrogen-bond donors (Lipinski definition) is 1. The smallest absolute Gasteiger partial charge is 0.120 e. The second kappa shape index (κ2) is 6.61. The number of ether oxygens (including phenoxy) is 1. The van der Waals surface area contributed by atoms with Gasteiger partial charge in [0.1, 0.15) is 12.4 Å². The molecule has 96 valence electrons. The normalized spacial score (nSPS) is 10.6. The van der Waals surface area contributed by atoms with E-state index in [-0.39, 0.29) is 0 Å². The Hall–Kier alpha value is -1.26. The van der Waals surface area contributed by atoms with Crippen LogP contribution in [0.1, 0.15) is 5.56 Å². The second-order valence-corrected chi connectivity index (χ2v) is 5.02. The number of aromatic nitrogens is 1. The van der Waals surface area contributed by atoms with E-state index in [4.69, 9.17) is 10.5 Å². The second-order valence-electron chi connectivity index (χ2n) is 4.10. The fourth-order valence-corrected chi connectivity index (χ4v) is 2.15. The number of hydrogen-bond acceptors (Lipinski definition) is 2. The highest BCUT2D eigenvalue weighted by Crippen LogP contribution is 2.17. The number of nitrogens with two attached hydrogens (primary N) is 1. The Morgan fingerprint density at radius 2 is 2.17 bits per heavy atom. The molecule has 0 amide bonds. The molecule has 1 aromatic heterocycles. The maximum absolute atomic E-state index is 5.68. The molecule has 0 aliphatic heterocycles. The molecule has 0 saturated heterocycles. The van der Waals surface area contributed by atoms with E-state index in [1.54, 1.807) is 0 Å². The van der Waals surface area contributed by atoms with E-state index in [0.29, 0.717) is 13.2 Å². The number of halogens is 1. The zero-order chi connectivity index (χ0) is 12.8. The quantitative estimate of drug-likeness (QED) is 0.891. The maximum atomic E-state index is 5.68. The van der Waals surface area contributed by atoms with Crippen LogP contribution in [0.2, 0.25) is 0 Å². The molecule has 0 atom stereocenters. The largest absolute Gasteiger partial charge is 0.492 e. The number of nitrogens with zero attached hydrogens (tertiary/aromatic N) is 1. The van der Waals surface area contributed by atoms with Gasteiger partial charge in [-0.3, -0.25) is 0 Å². The van der Waals surface area contributed by atoms with Crippen LogP contribution in [0.15, 0.2) is 47.2 Å². The van der Waals surface area contributed by atoms with E-state index in [9.17, 15) is 0 Å². The first kappa shape index (κ1) is 13.2. The molecular weight excluding hydrogens is 292 g/mol. The third-order valence-corrected chi connectivity index (χ3v) is 3.15. The summed E-state index contributed by atoms with van der Waals surface area (Å²) in [6, 6.07) is 9.98. The zero-order valence-corrected chi connectivity index (χ0v) is 11.8. The predicted octanol–water partition coefficient (Wildman–Crippen LogP) is 2.83. The summed E-state index contributed by atoms with van der Waals surface area (Å²) >= 11 is 3.42. The lowest BCUT2D eigenvalue weighted by atomic mass is 10.2. The van der Waals surface area contributed by atoms with Crippen LogP contribution in [0.4, 0.5) is 0 Å². The summed E-state index contributed by atoms with van der Waals surface area (Å²) in [7, 11) is 0. The topological polar surface area (TPSA) is 40.2 Å². The van der Waals surface area contributed by atoms with E-state index in [1.807, 2.05) is 24.3 Å². The van der Waals surface area contributed by atoms with Crippen molar-refractivity contribution in [3.05, 3.63) is 52.8 Å². The summed E-state index contributed by atoms with van der Waals surface area (Å²) in [6.07, 6.45) is 5.12. The van der Waals surface area contributed by atoms with Crippen molar-refractivity contribution in [2.24, 2.45) is 5.73 Å². The van der Waals surface area contributed by atoms with Crippen molar-refractivity contribution < 1.29 is 4.74 Å². The SMILES string of the molecule is NCCc1ccn(CCOc2cccc(Br)c2)c1. The Labute approximate surface area is 116 Å². The Balaban J connectivity index is 1.81. The van der Waals surface area contributed by atoms with Crippen molar-refractivity contribution in [2.75, 3.05) is 13.2 Å². The van der Waals surface area contributed by atoms with Gasteiger partial charge >= 0.3 is 0 Å². The van der Waals surface area contributed by atoms with E-state index >= 15 is 0 Å². The molecule has 1 heterocycles. The maximum Gasteiger partial charge on any atom is 0.120 e. The lowest BCUT2D eigenvalue weighted by Crippen LogP contribution is -2.06. The van der Waals surface area contributed by atoms with Gasteiger partial charge in [-0.05, 0) is 42.8 Å². The fraction of sp³-hybridized carbons (Fsp3) is 0.286. The molecule has 0 bridgehead atoms. The van der Waals surface area contributed by atoms with Crippen LogP contribution < -0.4 is 10.5 Å². The first-order valence-corrected chi connectivity index (χ1v) is 6.80. The molecule has 0 spiro atoms. The summed E-state index contributed by atoms with van der Waals surface area (Å²) in [5, 5.41) is 0. The van der Waals surface area contributed by atoms with Crippen molar-refractivity contribution in [1.82, 2.24) is 4.57 Å². The van der Waals surface area contributed by atoms with Gasteiger partial charge in [0.25, 0.3) is 0 Å². The monoisotopic (exact) mass is 308 g/mol. The van der Waals surface area contributed by atoms with Gasteiger partial charge in [-0.2, -0.15) is 0 Å². The molecule has 2 N–H and O–H groups in total. The first-order chi connectivity index (χ1) is 8.78. The zero-order valence-electron chi connectivity index (χ0n) is 10.2. The fourth-order valence-electron chi connectivity index (χ4n) is 1.77. The third kappa shape index (κ3) is 3.89. The van der Waals surface area contributed by atoms with Crippen LogP contribution in [-0.2, 0) is 13.0 Å². The standard InChI is InChI=1S/C14H17BrN2O/c15-13-2-1-3-14(10-13)18-9-8-17-7-5-12(11-17)4-6-16/h1-3,5,7,10-11H,4,6,8-9,16H2. The molecule has 4 heteroatoms. The van der Waals surface area contributed by atoms with Gasteiger partial charge in [0.05, 0.1) is 6.54 Å². The molecule has 18 heavy (non-hydrogen) atoms. The minimum absolute atomic E-state index is 0.660. The molecule has 0 fully saturated rings. The van der Waals surface area contributed by atoms with Crippen molar-refractivity contribution in [3.63, 3.8) is 0 Å². The minimum atomic E-state index is 0.660. The highest BCUT2D eigenvalue weighted by atomic mass is 79.9. The molecule has 0 radical (unpaired) electrons. The van der Waals surface area contributed by atoms with Gasteiger partial charge in [0.2, 0.25) is 0 Å². The summed E-state index contributed by atoms with van der Waals surface area (Å²) in [4.78, 5) is 0. The van der Waals surface area contributed by atoms with Gasteiger partial charge in [-0.25, -0.2) is 0 Å². The molecular formula is C14H17BrN2O. The van der Waals surface area contributed by atoms with Gasteiger partial charge in [-0.15, -0.1) is 0 Å². The Kier molecular flexibility index (Phi) is 4.84. The van der Waals surface area contributed by atoms with E-state index in [2.05, 4.69) is 39.0 Å². The molecule has 2 rings (SSSR count). The van der Waals surface area contributed by atoms with Crippen molar-refractivity contribution in [3.8, 4) is 5.75 Å². The van der Waals surface area contributed by atoms with Gasteiger partial charge in [-0.1, -0.05) is 22.0 Å². The summed E-state index contributed by atoms with van der Waals surface area (Å²) < 4.78 is 8.85. The van der Waals surface area contributed by atoms with Crippen LogP contribution in [-0.4, -0.2) is 17.7 Å². The third-order valence-electron chi connectivity index (χ3n) is 2.66. The van der Waals surface area contributed by atoms with Crippen LogP contribution >= 0.6 is 15.9 Å². The molecule has 0 saturated carbocycles. The summed E-state index contributed by atoms with van der Waals surface area (Å²) in [5.74, 6) is 0.888. The summed E-state index contributed by atoms with van der Waals surface area (Å²) in [6.45, 7) is 2.20. The predicted molar refractivity (Wildman–Crippen MR) is 76.8 cm³/mol. The average molecular weight is 309 g/mol. The van der Waals surface area contributed by atoms with Crippen LogP contribution in [0.3, 0.4) is 0 Å². The van der Waals surface area contributed by atoms with E-state index in [0.717, 1.165) is 23.2 Å². The Morgan fingerprint density at radius 3 is 2.94 bits per heavy atom. The molecule has 0 aliphatic carbocycles. The van der Waals surface area contributed by atoms with E-state index in [1.165, 1.54) is 5.56 Å².